The molecule has 0 N–H and O–H groups in total. The van der Waals surface area contributed by atoms with E-state index < -0.39 is 5.60 Å². The average Bonchev–Trinajstić information content (AvgIpc) is 3.28. The highest BCUT2D eigenvalue weighted by Gasteiger charge is 2.29. The van der Waals surface area contributed by atoms with Crippen LogP contribution in [-0.4, -0.2) is 63.8 Å². The van der Waals surface area contributed by atoms with Crippen molar-refractivity contribution in [2.45, 2.75) is 84.3 Å². The van der Waals surface area contributed by atoms with E-state index in [0.29, 0.717) is 5.92 Å². The van der Waals surface area contributed by atoms with Crippen molar-refractivity contribution in [1.29, 1.82) is 0 Å². The standard InChI is InChI=1S/C22H38N4O2/c1-5-8-19-17-26(16-15-24-11-6-7-12-24)20(23-19)18-9-13-25(14-10-18)21(27)28-22(2,3)4/h17-18H,5-16H2,1-4H3. The van der Waals surface area contributed by atoms with Gasteiger partial charge in [-0.05, 0) is 66.0 Å². The Labute approximate surface area is 170 Å². The topological polar surface area (TPSA) is 50.6 Å². The zero-order chi connectivity index (χ0) is 20.1. The van der Waals surface area contributed by atoms with Crippen LogP contribution in [0, 0.1) is 0 Å². The number of amides is 1. The fourth-order valence-corrected chi connectivity index (χ4v) is 4.27. The molecule has 0 radical (unpaired) electrons. The minimum Gasteiger partial charge on any atom is -0.444 e. The Morgan fingerprint density at radius 2 is 1.82 bits per heavy atom. The minimum absolute atomic E-state index is 0.185. The molecular formula is C22H38N4O2. The summed E-state index contributed by atoms with van der Waals surface area (Å²) < 4.78 is 7.93. The number of carbonyl (C=O) groups excluding carboxylic acids is 1. The first kappa shape index (κ1) is 21.2. The normalized spacial score (nSPS) is 19.4. The van der Waals surface area contributed by atoms with Crippen LogP contribution in [0.15, 0.2) is 6.20 Å². The zero-order valence-corrected chi connectivity index (χ0v) is 18.2. The van der Waals surface area contributed by atoms with Crippen molar-refractivity contribution < 1.29 is 9.53 Å². The van der Waals surface area contributed by atoms with Crippen molar-refractivity contribution in [2.24, 2.45) is 0 Å². The molecule has 6 heteroatoms. The maximum absolute atomic E-state index is 12.3. The second-order valence-electron chi connectivity index (χ2n) is 9.32. The van der Waals surface area contributed by atoms with Crippen molar-refractivity contribution in [1.82, 2.24) is 19.4 Å². The van der Waals surface area contributed by atoms with Gasteiger partial charge in [-0.1, -0.05) is 13.3 Å². The second-order valence-corrected chi connectivity index (χ2v) is 9.32. The van der Waals surface area contributed by atoms with Gasteiger partial charge in [0.25, 0.3) is 0 Å². The molecule has 2 aliphatic rings. The number of imidazole rings is 1. The van der Waals surface area contributed by atoms with E-state index in [4.69, 9.17) is 9.72 Å². The monoisotopic (exact) mass is 390 g/mol. The lowest BCUT2D eigenvalue weighted by Gasteiger charge is -2.33. The third kappa shape index (κ3) is 5.72. The van der Waals surface area contributed by atoms with Crippen LogP contribution in [0.5, 0.6) is 0 Å². The molecule has 0 atom stereocenters. The Morgan fingerprint density at radius 3 is 2.43 bits per heavy atom. The number of carbonyl (C=O) groups is 1. The van der Waals surface area contributed by atoms with Gasteiger partial charge < -0.3 is 19.1 Å². The molecule has 2 fully saturated rings. The van der Waals surface area contributed by atoms with Crippen molar-refractivity contribution in [3.8, 4) is 0 Å². The van der Waals surface area contributed by atoms with Crippen molar-refractivity contribution in [3.63, 3.8) is 0 Å². The molecule has 0 spiro atoms. The molecule has 3 rings (SSSR count). The maximum atomic E-state index is 12.3. The Bertz CT molecular complexity index is 635. The van der Waals surface area contributed by atoms with Crippen LogP contribution < -0.4 is 0 Å². The van der Waals surface area contributed by atoms with E-state index in [1.165, 1.54) is 37.4 Å². The van der Waals surface area contributed by atoms with Gasteiger partial charge >= 0.3 is 6.09 Å². The summed E-state index contributed by atoms with van der Waals surface area (Å²) >= 11 is 0. The predicted molar refractivity (Wildman–Crippen MR) is 112 cm³/mol. The van der Waals surface area contributed by atoms with Gasteiger partial charge in [-0.2, -0.15) is 0 Å². The number of nitrogens with zero attached hydrogens (tertiary/aromatic N) is 4. The zero-order valence-electron chi connectivity index (χ0n) is 18.2. The molecule has 1 aromatic heterocycles. The van der Waals surface area contributed by atoms with Gasteiger partial charge in [0.2, 0.25) is 0 Å². The third-order valence-electron chi connectivity index (χ3n) is 5.73. The molecule has 2 saturated heterocycles. The van der Waals surface area contributed by atoms with Gasteiger partial charge in [-0.25, -0.2) is 9.78 Å². The molecule has 1 amide bonds. The lowest BCUT2D eigenvalue weighted by atomic mass is 9.96. The maximum Gasteiger partial charge on any atom is 0.410 e. The summed E-state index contributed by atoms with van der Waals surface area (Å²) in [6, 6.07) is 0. The first-order valence-electron chi connectivity index (χ1n) is 11.1. The van der Waals surface area contributed by atoms with E-state index in [1.807, 2.05) is 25.7 Å². The van der Waals surface area contributed by atoms with E-state index in [0.717, 1.165) is 51.9 Å². The van der Waals surface area contributed by atoms with E-state index in [2.05, 4.69) is 22.6 Å². The summed E-state index contributed by atoms with van der Waals surface area (Å²) in [5, 5.41) is 0. The molecule has 28 heavy (non-hydrogen) atoms. The Balaban J connectivity index is 1.61. The number of piperidine rings is 1. The van der Waals surface area contributed by atoms with Crippen LogP contribution in [0.3, 0.4) is 0 Å². The molecule has 0 unspecified atom stereocenters. The minimum atomic E-state index is -0.436. The van der Waals surface area contributed by atoms with Gasteiger partial charge in [0.1, 0.15) is 11.4 Å². The second kappa shape index (κ2) is 9.29. The predicted octanol–water partition coefficient (Wildman–Crippen LogP) is 4.05. The quantitative estimate of drug-likeness (QED) is 0.735. The molecule has 2 aliphatic heterocycles. The molecule has 1 aromatic rings. The lowest BCUT2D eigenvalue weighted by molar-refractivity contribution is 0.0202. The highest BCUT2D eigenvalue weighted by molar-refractivity contribution is 5.68. The van der Waals surface area contributed by atoms with Gasteiger partial charge in [-0.3, -0.25) is 0 Å². The van der Waals surface area contributed by atoms with Gasteiger partial charge in [-0.15, -0.1) is 0 Å². The van der Waals surface area contributed by atoms with Crippen LogP contribution in [0.2, 0.25) is 0 Å². The van der Waals surface area contributed by atoms with Crippen LogP contribution in [-0.2, 0) is 17.7 Å². The SMILES string of the molecule is CCCc1cn(CCN2CCCC2)c(C2CCN(C(=O)OC(C)(C)C)CC2)n1. The summed E-state index contributed by atoms with van der Waals surface area (Å²) in [6.45, 7) is 14.1. The molecule has 3 heterocycles. The fraction of sp³-hybridized carbons (Fsp3) is 0.818. The number of hydrogen-bond acceptors (Lipinski definition) is 4. The fourth-order valence-electron chi connectivity index (χ4n) is 4.27. The van der Waals surface area contributed by atoms with Gasteiger partial charge in [0, 0.05) is 38.3 Å². The van der Waals surface area contributed by atoms with Gasteiger partial charge in [0.15, 0.2) is 0 Å². The molecule has 0 bridgehead atoms. The largest absolute Gasteiger partial charge is 0.444 e. The molecule has 0 aliphatic carbocycles. The van der Waals surface area contributed by atoms with Crippen LogP contribution in [0.25, 0.3) is 0 Å². The molecule has 0 saturated carbocycles. The van der Waals surface area contributed by atoms with E-state index in [1.54, 1.807) is 0 Å². The summed E-state index contributed by atoms with van der Waals surface area (Å²) in [5.74, 6) is 1.66. The van der Waals surface area contributed by atoms with Crippen LogP contribution >= 0.6 is 0 Å². The number of ether oxygens (including phenoxy) is 1. The molecule has 0 aromatic carbocycles. The Kier molecular flexibility index (Phi) is 7.02. The highest BCUT2D eigenvalue weighted by atomic mass is 16.6. The highest BCUT2D eigenvalue weighted by Crippen LogP contribution is 2.29. The van der Waals surface area contributed by atoms with E-state index in [-0.39, 0.29) is 6.09 Å². The first-order valence-corrected chi connectivity index (χ1v) is 11.1. The van der Waals surface area contributed by atoms with Crippen LogP contribution in [0.4, 0.5) is 4.79 Å². The molecule has 6 nitrogen and oxygen atoms in total. The number of likely N-dealkylation sites (tertiary alicyclic amines) is 2. The van der Waals surface area contributed by atoms with Crippen LogP contribution in [0.1, 0.15) is 77.2 Å². The number of aromatic nitrogens is 2. The molecule has 158 valence electrons. The Hall–Kier alpha value is -1.56. The number of aryl methyl sites for hydroxylation is 1. The van der Waals surface area contributed by atoms with Crippen molar-refractivity contribution >= 4 is 6.09 Å². The summed E-state index contributed by atoms with van der Waals surface area (Å²) in [6.07, 6.45) is 8.85. The average molecular weight is 391 g/mol. The summed E-state index contributed by atoms with van der Waals surface area (Å²) in [5.41, 5.74) is 0.780. The number of rotatable bonds is 6. The summed E-state index contributed by atoms with van der Waals surface area (Å²) in [4.78, 5) is 21.8. The third-order valence-corrected chi connectivity index (χ3v) is 5.73. The van der Waals surface area contributed by atoms with Crippen molar-refractivity contribution in [2.75, 3.05) is 32.7 Å². The smallest absolute Gasteiger partial charge is 0.410 e. The lowest BCUT2D eigenvalue weighted by Crippen LogP contribution is -2.41. The van der Waals surface area contributed by atoms with E-state index >= 15 is 0 Å². The first-order chi connectivity index (χ1) is 13.4. The van der Waals surface area contributed by atoms with Crippen molar-refractivity contribution in [3.05, 3.63) is 17.7 Å². The van der Waals surface area contributed by atoms with E-state index in [9.17, 15) is 4.79 Å². The molecular weight excluding hydrogens is 352 g/mol. The Morgan fingerprint density at radius 1 is 1.14 bits per heavy atom. The number of hydrogen-bond donors (Lipinski definition) is 0. The van der Waals surface area contributed by atoms with Gasteiger partial charge in [0.05, 0.1) is 5.69 Å². The summed E-state index contributed by atoms with van der Waals surface area (Å²) in [7, 11) is 0.